The van der Waals surface area contributed by atoms with Crippen LogP contribution in [0, 0.1) is 0 Å². The van der Waals surface area contributed by atoms with Gasteiger partial charge in [0.25, 0.3) is 0 Å². The number of anilines is 1. The minimum atomic E-state index is -0.103. The van der Waals surface area contributed by atoms with Crippen molar-refractivity contribution in [3.8, 4) is 22.6 Å². The predicted octanol–water partition coefficient (Wildman–Crippen LogP) is 5.26. The summed E-state index contributed by atoms with van der Waals surface area (Å²) in [6, 6.07) is 18.9. The van der Waals surface area contributed by atoms with Crippen molar-refractivity contribution in [1.29, 1.82) is 0 Å². The lowest BCUT2D eigenvalue weighted by molar-refractivity contribution is 0.246. The van der Waals surface area contributed by atoms with E-state index in [4.69, 9.17) is 9.15 Å². The standard InChI is InChI=1S/C27H25BrN2O4/c1-33-21-8-6-20(7-9-21)30-14-12-29(13-15-30)16-23-25(31)11-10-22-26(32)24(17-34-27(22)23)18-2-4-19(28)5-3-18/h2-11,17,31H,12-16H2,1H3. The topological polar surface area (TPSA) is 66.2 Å². The van der Waals surface area contributed by atoms with Crippen LogP contribution in [0.25, 0.3) is 22.1 Å². The Balaban J connectivity index is 1.36. The Morgan fingerprint density at radius 1 is 0.971 bits per heavy atom. The van der Waals surface area contributed by atoms with Crippen LogP contribution in [0.1, 0.15) is 5.56 Å². The molecule has 1 aliphatic heterocycles. The summed E-state index contributed by atoms with van der Waals surface area (Å²) >= 11 is 3.42. The minimum Gasteiger partial charge on any atom is -0.507 e. The van der Waals surface area contributed by atoms with Crippen molar-refractivity contribution < 1.29 is 14.3 Å². The Morgan fingerprint density at radius 3 is 2.35 bits per heavy atom. The number of piperazine rings is 1. The van der Waals surface area contributed by atoms with Crippen LogP contribution in [0.5, 0.6) is 11.5 Å². The van der Waals surface area contributed by atoms with Gasteiger partial charge in [-0.1, -0.05) is 28.1 Å². The Morgan fingerprint density at radius 2 is 1.68 bits per heavy atom. The molecular weight excluding hydrogens is 496 g/mol. The summed E-state index contributed by atoms with van der Waals surface area (Å²) in [4.78, 5) is 17.8. The van der Waals surface area contributed by atoms with Gasteiger partial charge in [0.15, 0.2) is 0 Å². The van der Waals surface area contributed by atoms with Gasteiger partial charge >= 0.3 is 0 Å². The second-order valence-corrected chi connectivity index (χ2v) is 9.30. The maximum Gasteiger partial charge on any atom is 0.200 e. The molecule has 0 unspecified atom stereocenters. The highest BCUT2D eigenvalue weighted by atomic mass is 79.9. The van der Waals surface area contributed by atoms with Gasteiger partial charge in [0.2, 0.25) is 5.43 Å². The number of halogens is 1. The molecule has 1 N–H and O–H groups in total. The number of fused-ring (bicyclic) bond motifs is 1. The first-order valence-corrected chi connectivity index (χ1v) is 12.0. The number of hydrogen-bond acceptors (Lipinski definition) is 6. The fraction of sp³-hybridized carbons (Fsp3) is 0.222. The summed E-state index contributed by atoms with van der Waals surface area (Å²) in [5.74, 6) is 0.989. The molecule has 0 bridgehead atoms. The number of benzene rings is 3. The van der Waals surface area contributed by atoms with Gasteiger partial charge in [-0.15, -0.1) is 0 Å². The van der Waals surface area contributed by atoms with E-state index in [1.807, 2.05) is 36.4 Å². The van der Waals surface area contributed by atoms with E-state index in [1.165, 1.54) is 12.0 Å². The Bertz CT molecular complexity index is 1360. The zero-order valence-corrected chi connectivity index (χ0v) is 20.4. The Kier molecular flexibility index (Phi) is 6.30. The third kappa shape index (κ3) is 4.41. The van der Waals surface area contributed by atoms with E-state index in [2.05, 4.69) is 37.9 Å². The predicted molar refractivity (Wildman–Crippen MR) is 138 cm³/mol. The molecular formula is C27H25BrN2O4. The van der Waals surface area contributed by atoms with Crippen molar-refractivity contribution in [2.75, 3.05) is 38.2 Å². The van der Waals surface area contributed by atoms with Gasteiger partial charge < -0.3 is 19.2 Å². The van der Waals surface area contributed by atoms with Crippen LogP contribution in [0.2, 0.25) is 0 Å². The first-order valence-electron chi connectivity index (χ1n) is 11.2. The summed E-state index contributed by atoms with van der Waals surface area (Å²) < 4.78 is 12.1. The molecule has 1 aliphatic rings. The van der Waals surface area contributed by atoms with Gasteiger partial charge in [-0.05, 0) is 54.1 Å². The number of phenolic OH excluding ortho intramolecular Hbond substituents is 1. The summed E-state index contributed by atoms with van der Waals surface area (Å²) in [7, 11) is 1.67. The van der Waals surface area contributed by atoms with Crippen molar-refractivity contribution in [3.05, 3.63) is 87.2 Å². The van der Waals surface area contributed by atoms with E-state index in [9.17, 15) is 9.90 Å². The van der Waals surface area contributed by atoms with Gasteiger partial charge in [-0.25, -0.2) is 0 Å². The lowest BCUT2D eigenvalue weighted by Gasteiger charge is -2.36. The molecule has 3 aromatic carbocycles. The fourth-order valence-electron chi connectivity index (χ4n) is 4.41. The summed E-state index contributed by atoms with van der Waals surface area (Å²) in [6.45, 7) is 3.93. The van der Waals surface area contributed by atoms with Crippen LogP contribution >= 0.6 is 15.9 Å². The second-order valence-electron chi connectivity index (χ2n) is 8.39. The highest BCUT2D eigenvalue weighted by Gasteiger charge is 2.21. The van der Waals surface area contributed by atoms with Gasteiger partial charge in [0.1, 0.15) is 23.3 Å². The van der Waals surface area contributed by atoms with Crippen molar-refractivity contribution in [2.24, 2.45) is 0 Å². The Labute approximate surface area is 206 Å². The number of aromatic hydroxyl groups is 1. The van der Waals surface area contributed by atoms with Crippen LogP contribution in [-0.4, -0.2) is 43.3 Å². The largest absolute Gasteiger partial charge is 0.507 e. The molecule has 0 atom stereocenters. The molecule has 0 saturated carbocycles. The first kappa shape index (κ1) is 22.5. The molecule has 1 aromatic heterocycles. The monoisotopic (exact) mass is 520 g/mol. The number of hydrogen-bond donors (Lipinski definition) is 1. The third-order valence-electron chi connectivity index (χ3n) is 6.37. The summed E-state index contributed by atoms with van der Waals surface area (Å²) in [5.41, 5.74) is 3.46. The number of phenols is 1. The summed E-state index contributed by atoms with van der Waals surface area (Å²) in [6.07, 6.45) is 1.50. The first-order chi connectivity index (χ1) is 16.5. The van der Waals surface area contributed by atoms with Crippen molar-refractivity contribution in [1.82, 2.24) is 4.90 Å². The van der Waals surface area contributed by atoms with E-state index in [0.717, 1.165) is 42.0 Å². The van der Waals surface area contributed by atoms with Gasteiger partial charge in [-0.3, -0.25) is 9.69 Å². The average Bonchev–Trinajstić information content (AvgIpc) is 2.87. The molecule has 0 aliphatic carbocycles. The van der Waals surface area contributed by atoms with E-state index < -0.39 is 0 Å². The highest BCUT2D eigenvalue weighted by Crippen LogP contribution is 2.30. The normalized spacial score (nSPS) is 14.5. The molecule has 1 saturated heterocycles. The van der Waals surface area contributed by atoms with E-state index >= 15 is 0 Å². The van der Waals surface area contributed by atoms with Crippen LogP contribution < -0.4 is 15.1 Å². The fourth-order valence-corrected chi connectivity index (χ4v) is 4.67. The zero-order chi connectivity index (χ0) is 23.7. The molecule has 7 heteroatoms. The molecule has 2 heterocycles. The average molecular weight is 521 g/mol. The minimum absolute atomic E-state index is 0.103. The number of ether oxygens (including phenoxy) is 1. The van der Waals surface area contributed by atoms with E-state index in [-0.39, 0.29) is 11.2 Å². The molecule has 0 spiro atoms. The summed E-state index contributed by atoms with van der Waals surface area (Å²) in [5, 5.41) is 11.1. The van der Waals surface area contributed by atoms with Gasteiger partial charge in [0.05, 0.1) is 23.6 Å². The van der Waals surface area contributed by atoms with Crippen LogP contribution in [-0.2, 0) is 6.54 Å². The smallest absolute Gasteiger partial charge is 0.200 e. The number of nitrogens with zero attached hydrogens (tertiary/aromatic N) is 2. The Hall–Kier alpha value is -3.29. The second kappa shape index (κ2) is 9.52. The van der Waals surface area contributed by atoms with Crippen LogP contribution in [0.3, 0.4) is 0 Å². The van der Waals surface area contributed by atoms with Crippen molar-refractivity contribution >= 4 is 32.6 Å². The third-order valence-corrected chi connectivity index (χ3v) is 6.90. The zero-order valence-electron chi connectivity index (χ0n) is 18.8. The number of methoxy groups -OCH3 is 1. The van der Waals surface area contributed by atoms with E-state index in [1.54, 1.807) is 19.2 Å². The number of rotatable bonds is 5. The van der Waals surface area contributed by atoms with Gasteiger partial charge in [0, 0.05) is 42.9 Å². The maximum atomic E-state index is 13.2. The lowest BCUT2D eigenvalue weighted by atomic mass is 10.0. The quantitative estimate of drug-likeness (QED) is 0.387. The highest BCUT2D eigenvalue weighted by molar-refractivity contribution is 9.10. The van der Waals surface area contributed by atoms with Crippen LogP contribution in [0.15, 0.2) is 80.6 Å². The van der Waals surface area contributed by atoms with Crippen molar-refractivity contribution in [2.45, 2.75) is 6.54 Å². The molecule has 0 radical (unpaired) electrons. The van der Waals surface area contributed by atoms with E-state index in [0.29, 0.717) is 28.6 Å². The van der Waals surface area contributed by atoms with Crippen LogP contribution in [0.4, 0.5) is 5.69 Å². The lowest BCUT2D eigenvalue weighted by Crippen LogP contribution is -2.46. The van der Waals surface area contributed by atoms with Crippen molar-refractivity contribution in [3.63, 3.8) is 0 Å². The SMILES string of the molecule is COc1ccc(N2CCN(Cc3c(O)ccc4c(=O)c(-c5ccc(Br)cc5)coc34)CC2)cc1. The molecule has 6 nitrogen and oxygen atoms in total. The molecule has 174 valence electrons. The van der Waals surface area contributed by atoms with Gasteiger partial charge in [-0.2, -0.15) is 0 Å². The molecule has 4 aromatic rings. The molecule has 1 fully saturated rings. The molecule has 5 rings (SSSR count). The molecule has 0 amide bonds. The molecule has 34 heavy (non-hydrogen) atoms. The maximum absolute atomic E-state index is 13.2.